The number of halogens is 1. The van der Waals surface area contributed by atoms with Gasteiger partial charge >= 0.3 is 10.5 Å². The van der Waals surface area contributed by atoms with E-state index in [2.05, 4.69) is 16.4 Å². The molecule has 0 aliphatic heterocycles. The topological polar surface area (TPSA) is 81.7 Å². The van der Waals surface area contributed by atoms with Crippen molar-refractivity contribution < 1.29 is 26.0 Å². The minimum absolute atomic E-state index is 0.0973. The van der Waals surface area contributed by atoms with Crippen LogP contribution in [0.1, 0.15) is 55.5 Å². The van der Waals surface area contributed by atoms with Gasteiger partial charge in [-0.1, -0.05) is 42.2 Å². The number of hydrogen-bond acceptors (Lipinski definition) is 5. The van der Waals surface area contributed by atoms with Crippen LogP contribution in [0.3, 0.4) is 0 Å². The molecule has 29 heavy (non-hydrogen) atoms. The first-order chi connectivity index (χ1) is 13.8. The molecule has 0 radical (unpaired) electrons. The Morgan fingerprint density at radius 3 is 2.24 bits per heavy atom. The molecule has 2 aromatic carbocycles. The van der Waals surface area contributed by atoms with Crippen LogP contribution in [0.4, 0.5) is 3.89 Å². The Bertz CT molecular complexity index is 882. The Morgan fingerprint density at radius 1 is 1.03 bits per heavy atom. The van der Waals surface area contributed by atoms with Crippen molar-refractivity contribution in [3.8, 4) is 11.5 Å². The molecule has 0 saturated carbocycles. The minimum Gasteiger partial charge on any atom is -0.489 e. The van der Waals surface area contributed by atoms with Crippen molar-refractivity contribution in [2.45, 2.75) is 52.2 Å². The van der Waals surface area contributed by atoms with E-state index >= 15 is 0 Å². The maximum atomic E-state index is 12.5. The van der Waals surface area contributed by atoms with Gasteiger partial charge in [-0.3, -0.25) is 4.79 Å². The minimum atomic E-state index is -5.04. The number of rotatable bonds is 11. The summed E-state index contributed by atoms with van der Waals surface area (Å²) in [7, 11) is -5.04. The zero-order chi connectivity index (χ0) is 21.3. The number of benzene rings is 2. The Kier molecular flexibility index (Phi) is 8.45. The number of carbonyl (C=O) groups excluding carboxylic acids is 1. The molecule has 2 aromatic rings. The van der Waals surface area contributed by atoms with Gasteiger partial charge < -0.3 is 14.2 Å². The van der Waals surface area contributed by atoms with Gasteiger partial charge in [-0.15, -0.1) is 0 Å². The second-order valence-corrected chi connectivity index (χ2v) is 7.76. The average molecular weight is 424 g/mol. The summed E-state index contributed by atoms with van der Waals surface area (Å²) in [6.45, 7) is 4.42. The van der Waals surface area contributed by atoms with Gasteiger partial charge in [0.05, 0.1) is 0 Å². The van der Waals surface area contributed by atoms with E-state index in [0.29, 0.717) is 11.3 Å². The molecule has 0 saturated heterocycles. The summed E-state index contributed by atoms with van der Waals surface area (Å²) in [6, 6.07) is 12.8. The summed E-state index contributed by atoms with van der Waals surface area (Å²) < 4.78 is 43.1. The zero-order valence-electron chi connectivity index (χ0n) is 16.6. The van der Waals surface area contributed by atoms with E-state index in [0.717, 1.165) is 24.8 Å². The van der Waals surface area contributed by atoms with Crippen LogP contribution in [0, 0.1) is 0 Å². The number of carbonyl (C=O) groups is 1. The van der Waals surface area contributed by atoms with Crippen molar-refractivity contribution in [3.05, 3.63) is 59.7 Å². The van der Waals surface area contributed by atoms with Crippen molar-refractivity contribution in [1.82, 2.24) is 5.32 Å². The summed E-state index contributed by atoms with van der Waals surface area (Å²) in [5.41, 5.74) is 1.45. The third kappa shape index (κ3) is 8.51. The molecule has 1 atom stereocenters. The van der Waals surface area contributed by atoms with Crippen molar-refractivity contribution in [1.29, 1.82) is 0 Å². The maximum absolute atomic E-state index is 12.5. The van der Waals surface area contributed by atoms with Gasteiger partial charge in [0, 0.05) is 11.6 Å². The third-order valence-electron chi connectivity index (χ3n) is 4.26. The van der Waals surface area contributed by atoms with Crippen LogP contribution in [0.25, 0.3) is 0 Å². The molecule has 158 valence electrons. The van der Waals surface area contributed by atoms with E-state index in [1.807, 2.05) is 19.1 Å². The van der Waals surface area contributed by atoms with Gasteiger partial charge in [0.25, 0.3) is 5.91 Å². The fourth-order valence-electron chi connectivity index (χ4n) is 2.71. The highest BCUT2D eigenvalue weighted by Gasteiger charge is 2.11. The summed E-state index contributed by atoms with van der Waals surface area (Å²) in [4.78, 5) is 12.3. The highest BCUT2D eigenvalue weighted by molar-refractivity contribution is 7.81. The van der Waals surface area contributed by atoms with Gasteiger partial charge in [-0.05, 0) is 55.3 Å². The molecular formula is C21H26FNO5S. The lowest BCUT2D eigenvalue weighted by atomic mass is 10.1. The molecule has 0 aromatic heterocycles. The summed E-state index contributed by atoms with van der Waals surface area (Å²) in [5.74, 6) is 0.232. The summed E-state index contributed by atoms with van der Waals surface area (Å²) in [5, 5.41) is 3.00. The second kappa shape index (κ2) is 10.8. The summed E-state index contributed by atoms with van der Waals surface area (Å²) in [6.07, 6.45) is 4.39. The predicted octanol–water partition coefficient (Wildman–Crippen LogP) is 4.56. The SMILES string of the molecule is CCCCCC(C)NC(=O)c1ccc(COc2ccc(OS(=O)(=O)F)cc2)cc1. The van der Waals surface area contributed by atoms with Crippen LogP contribution < -0.4 is 14.2 Å². The largest absolute Gasteiger partial charge is 0.489 e. The zero-order valence-corrected chi connectivity index (χ0v) is 17.4. The third-order valence-corrected chi connectivity index (χ3v) is 4.65. The molecule has 1 unspecified atom stereocenters. The number of hydrogen-bond donors (Lipinski definition) is 1. The number of unbranched alkanes of at least 4 members (excludes halogenated alkanes) is 2. The fourth-order valence-corrected chi connectivity index (χ4v) is 3.05. The molecular weight excluding hydrogens is 397 g/mol. The molecule has 2 rings (SSSR count). The van der Waals surface area contributed by atoms with Crippen molar-refractivity contribution in [3.63, 3.8) is 0 Å². The summed E-state index contributed by atoms with van der Waals surface area (Å²) >= 11 is 0. The molecule has 1 amide bonds. The van der Waals surface area contributed by atoms with Crippen LogP contribution in [-0.2, 0) is 17.1 Å². The average Bonchev–Trinajstić information content (AvgIpc) is 2.67. The monoisotopic (exact) mass is 423 g/mol. The molecule has 6 nitrogen and oxygen atoms in total. The van der Waals surface area contributed by atoms with Gasteiger partial charge in [0.1, 0.15) is 18.1 Å². The van der Waals surface area contributed by atoms with Crippen molar-refractivity contribution >= 4 is 16.4 Å². The van der Waals surface area contributed by atoms with Crippen molar-refractivity contribution in [2.75, 3.05) is 0 Å². The fraction of sp³-hybridized carbons (Fsp3) is 0.381. The Balaban J connectivity index is 1.83. The van der Waals surface area contributed by atoms with E-state index < -0.39 is 10.5 Å². The van der Waals surface area contributed by atoms with Crippen LogP contribution >= 0.6 is 0 Å². The van der Waals surface area contributed by atoms with Crippen LogP contribution in [0.5, 0.6) is 11.5 Å². The molecule has 0 aliphatic rings. The highest BCUT2D eigenvalue weighted by atomic mass is 32.3. The van der Waals surface area contributed by atoms with E-state index in [1.54, 1.807) is 12.1 Å². The molecule has 0 heterocycles. The molecule has 0 bridgehead atoms. The van der Waals surface area contributed by atoms with E-state index in [1.165, 1.54) is 30.7 Å². The van der Waals surface area contributed by atoms with Crippen molar-refractivity contribution in [2.24, 2.45) is 0 Å². The predicted molar refractivity (Wildman–Crippen MR) is 109 cm³/mol. The van der Waals surface area contributed by atoms with Gasteiger partial charge in [0.2, 0.25) is 0 Å². The first-order valence-corrected chi connectivity index (χ1v) is 10.8. The molecule has 0 spiro atoms. The smallest absolute Gasteiger partial charge is 0.488 e. The Morgan fingerprint density at radius 2 is 1.66 bits per heavy atom. The Hall–Kier alpha value is -2.61. The van der Waals surface area contributed by atoms with Gasteiger partial charge in [-0.25, -0.2) is 0 Å². The van der Waals surface area contributed by atoms with Crippen LogP contribution in [0.15, 0.2) is 48.5 Å². The van der Waals surface area contributed by atoms with E-state index in [-0.39, 0.29) is 24.3 Å². The Labute approximate surface area is 171 Å². The van der Waals surface area contributed by atoms with E-state index in [9.17, 15) is 17.1 Å². The van der Waals surface area contributed by atoms with Crippen LogP contribution in [0.2, 0.25) is 0 Å². The second-order valence-electron chi connectivity index (χ2n) is 6.80. The van der Waals surface area contributed by atoms with Gasteiger partial charge in [0.15, 0.2) is 0 Å². The lowest BCUT2D eigenvalue weighted by molar-refractivity contribution is 0.0938. The lowest BCUT2D eigenvalue weighted by Gasteiger charge is -2.14. The molecule has 0 fully saturated rings. The van der Waals surface area contributed by atoms with E-state index in [4.69, 9.17) is 4.74 Å². The first kappa shape index (κ1) is 22.7. The standard InChI is InChI=1S/C21H26FNO5S/c1-3-4-5-6-16(2)23-21(24)18-9-7-17(8-10-18)15-27-19-11-13-20(14-12-19)28-29(22,25)26/h7-14,16H,3-6,15H2,1-2H3,(H,23,24). The highest BCUT2D eigenvalue weighted by Crippen LogP contribution is 2.20. The number of amides is 1. The molecule has 1 N–H and O–H groups in total. The van der Waals surface area contributed by atoms with Crippen LogP contribution in [-0.4, -0.2) is 20.4 Å². The number of nitrogens with one attached hydrogen (secondary N) is 1. The molecule has 8 heteroatoms. The quantitative estimate of drug-likeness (QED) is 0.423. The number of ether oxygens (including phenoxy) is 1. The normalized spacial score (nSPS) is 12.2. The lowest BCUT2D eigenvalue weighted by Crippen LogP contribution is -2.32. The first-order valence-electron chi connectivity index (χ1n) is 9.53. The maximum Gasteiger partial charge on any atom is 0.488 e. The molecule has 0 aliphatic carbocycles. The van der Waals surface area contributed by atoms with Gasteiger partial charge in [-0.2, -0.15) is 8.42 Å².